The van der Waals surface area contributed by atoms with Crippen LogP contribution in [0.15, 0.2) is 0 Å². The van der Waals surface area contributed by atoms with Gasteiger partial charge in [0.2, 0.25) is 0 Å². The quantitative estimate of drug-likeness (QED) is 0.715. The molecule has 0 bridgehead atoms. The zero-order chi connectivity index (χ0) is 11.6. The highest BCUT2D eigenvalue weighted by Gasteiger charge is 2.43. The van der Waals surface area contributed by atoms with Crippen LogP contribution in [-0.2, 0) is 0 Å². The van der Waals surface area contributed by atoms with Gasteiger partial charge in [-0.15, -0.1) is 0 Å². The topological polar surface area (TPSA) is 26.0 Å². The maximum absolute atomic E-state index is 6.05. The van der Waals surface area contributed by atoms with Crippen LogP contribution in [0, 0.1) is 16.7 Å². The number of hydrogen-bond acceptors (Lipinski definition) is 1. The molecule has 2 N–H and O–H groups in total. The van der Waals surface area contributed by atoms with Crippen LogP contribution in [0.3, 0.4) is 0 Å². The lowest BCUT2D eigenvalue weighted by Gasteiger charge is -2.49. The summed E-state index contributed by atoms with van der Waals surface area (Å²) in [5.74, 6) is 0.572. The summed E-state index contributed by atoms with van der Waals surface area (Å²) >= 11 is 0. The number of hydrogen-bond donors (Lipinski definition) is 1. The standard InChI is InChI=1S/C13H29N/c1-8-12(5,6)13(7,9-2)10(3)11(4)14/h10-11H,8-9,14H2,1-7H3/t10-,11+,13+/m1/s1. The molecule has 0 fully saturated rings. The second kappa shape index (κ2) is 4.65. The van der Waals surface area contributed by atoms with Crippen molar-refractivity contribution in [2.24, 2.45) is 22.5 Å². The van der Waals surface area contributed by atoms with Crippen molar-refractivity contribution in [2.45, 2.75) is 67.3 Å². The molecule has 0 saturated heterocycles. The molecule has 0 aromatic rings. The summed E-state index contributed by atoms with van der Waals surface area (Å²) in [4.78, 5) is 0. The third-order valence-electron chi connectivity index (χ3n) is 4.96. The number of nitrogens with two attached hydrogens (primary N) is 1. The molecular formula is C13H29N. The molecule has 0 aromatic carbocycles. The summed E-state index contributed by atoms with van der Waals surface area (Å²) in [5, 5.41) is 0. The SMILES string of the molecule is CCC(C)(C)[C@@](C)(CC)[C@H](C)[C@H](C)N. The average molecular weight is 199 g/mol. The first-order valence-corrected chi connectivity index (χ1v) is 5.98. The van der Waals surface area contributed by atoms with Crippen LogP contribution in [0.1, 0.15) is 61.3 Å². The smallest absolute Gasteiger partial charge is 0.00415 e. The van der Waals surface area contributed by atoms with Crippen molar-refractivity contribution < 1.29 is 0 Å². The summed E-state index contributed by atoms with van der Waals surface area (Å²) in [5.41, 5.74) is 6.76. The molecule has 0 rings (SSSR count). The van der Waals surface area contributed by atoms with E-state index in [-0.39, 0.29) is 6.04 Å². The second-order valence-electron chi connectivity index (χ2n) is 5.66. The molecule has 0 heterocycles. The molecule has 14 heavy (non-hydrogen) atoms. The fraction of sp³-hybridized carbons (Fsp3) is 1.00. The van der Waals surface area contributed by atoms with Crippen molar-refractivity contribution in [1.29, 1.82) is 0 Å². The predicted molar refractivity (Wildman–Crippen MR) is 65.3 cm³/mol. The summed E-state index contributed by atoms with van der Waals surface area (Å²) in [7, 11) is 0. The van der Waals surface area contributed by atoms with Crippen molar-refractivity contribution in [1.82, 2.24) is 0 Å². The van der Waals surface area contributed by atoms with Crippen molar-refractivity contribution in [3.05, 3.63) is 0 Å². The van der Waals surface area contributed by atoms with Gasteiger partial charge < -0.3 is 5.73 Å². The van der Waals surface area contributed by atoms with E-state index < -0.39 is 0 Å². The largest absolute Gasteiger partial charge is 0.328 e. The van der Waals surface area contributed by atoms with Crippen LogP contribution < -0.4 is 5.73 Å². The summed E-state index contributed by atoms with van der Waals surface area (Å²) < 4.78 is 0. The minimum atomic E-state index is 0.283. The van der Waals surface area contributed by atoms with Crippen LogP contribution in [0.4, 0.5) is 0 Å². The zero-order valence-electron chi connectivity index (χ0n) is 11.1. The van der Waals surface area contributed by atoms with Gasteiger partial charge in [0, 0.05) is 6.04 Å². The molecule has 1 nitrogen and oxygen atoms in total. The van der Waals surface area contributed by atoms with E-state index in [0.29, 0.717) is 16.7 Å². The van der Waals surface area contributed by atoms with E-state index in [1.807, 2.05) is 0 Å². The first kappa shape index (κ1) is 14.0. The molecule has 0 spiro atoms. The van der Waals surface area contributed by atoms with Crippen molar-refractivity contribution >= 4 is 0 Å². The summed E-state index contributed by atoms with van der Waals surface area (Å²) in [6, 6.07) is 0.283. The first-order valence-electron chi connectivity index (χ1n) is 5.98. The molecule has 0 saturated carbocycles. The van der Waals surface area contributed by atoms with Crippen LogP contribution in [0.2, 0.25) is 0 Å². The molecular weight excluding hydrogens is 170 g/mol. The Hall–Kier alpha value is -0.0400. The molecule has 0 unspecified atom stereocenters. The maximum Gasteiger partial charge on any atom is 0.00415 e. The molecule has 0 aliphatic rings. The van der Waals surface area contributed by atoms with Crippen LogP contribution in [0.5, 0.6) is 0 Å². The molecule has 3 atom stereocenters. The number of rotatable bonds is 5. The minimum absolute atomic E-state index is 0.283. The Morgan fingerprint density at radius 2 is 1.43 bits per heavy atom. The molecule has 1 heteroatoms. The van der Waals surface area contributed by atoms with E-state index in [1.54, 1.807) is 0 Å². The molecule has 0 aliphatic carbocycles. The Balaban J connectivity index is 4.97. The van der Waals surface area contributed by atoms with E-state index >= 15 is 0 Å². The van der Waals surface area contributed by atoms with Crippen LogP contribution >= 0.6 is 0 Å². The van der Waals surface area contributed by atoms with Gasteiger partial charge in [-0.1, -0.05) is 48.0 Å². The van der Waals surface area contributed by atoms with Gasteiger partial charge >= 0.3 is 0 Å². The van der Waals surface area contributed by atoms with Crippen molar-refractivity contribution in [2.75, 3.05) is 0 Å². The van der Waals surface area contributed by atoms with E-state index in [9.17, 15) is 0 Å². The van der Waals surface area contributed by atoms with E-state index in [1.165, 1.54) is 12.8 Å². The van der Waals surface area contributed by atoms with E-state index in [4.69, 9.17) is 5.73 Å². The lowest BCUT2D eigenvalue weighted by Crippen LogP contribution is -2.46. The van der Waals surface area contributed by atoms with Gasteiger partial charge in [-0.25, -0.2) is 0 Å². The van der Waals surface area contributed by atoms with Crippen molar-refractivity contribution in [3.8, 4) is 0 Å². The van der Waals surface area contributed by atoms with Gasteiger partial charge in [-0.05, 0) is 30.1 Å². The Morgan fingerprint density at radius 3 is 1.64 bits per heavy atom. The predicted octanol–water partition coefficient (Wildman–Crippen LogP) is 3.82. The van der Waals surface area contributed by atoms with Gasteiger partial charge in [-0.2, -0.15) is 0 Å². The Morgan fingerprint density at radius 1 is 1.00 bits per heavy atom. The molecule has 0 amide bonds. The van der Waals surface area contributed by atoms with E-state index in [0.717, 1.165) is 0 Å². The highest BCUT2D eigenvalue weighted by Crippen LogP contribution is 2.50. The monoisotopic (exact) mass is 199 g/mol. The highest BCUT2D eigenvalue weighted by molar-refractivity contribution is 4.93. The fourth-order valence-corrected chi connectivity index (χ4v) is 2.40. The fourth-order valence-electron chi connectivity index (χ4n) is 2.40. The van der Waals surface area contributed by atoms with Gasteiger partial charge in [0.05, 0.1) is 0 Å². The van der Waals surface area contributed by atoms with Crippen LogP contribution in [0.25, 0.3) is 0 Å². The molecule has 0 radical (unpaired) electrons. The van der Waals surface area contributed by atoms with Gasteiger partial charge in [0.15, 0.2) is 0 Å². The Bertz CT molecular complexity index is 172. The highest BCUT2D eigenvalue weighted by atomic mass is 14.7. The third-order valence-corrected chi connectivity index (χ3v) is 4.96. The van der Waals surface area contributed by atoms with Gasteiger partial charge in [0.25, 0.3) is 0 Å². The van der Waals surface area contributed by atoms with Crippen LogP contribution in [-0.4, -0.2) is 6.04 Å². The second-order valence-corrected chi connectivity index (χ2v) is 5.66. The zero-order valence-corrected chi connectivity index (χ0v) is 11.1. The van der Waals surface area contributed by atoms with E-state index in [2.05, 4.69) is 48.5 Å². The lowest BCUT2D eigenvalue weighted by molar-refractivity contribution is 0.0106. The average Bonchev–Trinajstić information content (AvgIpc) is 2.14. The Kier molecular flexibility index (Phi) is 4.64. The van der Waals surface area contributed by atoms with Gasteiger partial charge in [0.1, 0.15) is 0 Å². The third kappa shape index (κ3) is 2.31. The Labute approximate surface area is 90.5 Å². The molecule has 0 aromatic heterocycles. The maximum atomic E-state index is 6.05. The lowest BCUT2D eigenvalue weighted by atomic mass is 9.56. The van der Waals surface area contributed by atoms with Crippen molar-refractivity contribution in [3.63, 3.8) is 0 Å². The normalized spacial score (nSPS) is 21.4. The summed E-state index contributed by atoms with van der Waals surface area (Å²) in [6.07, 6.45) is 2.42. The molecule has 86 valence electrons. The summed E-state index contributed by atoms with van der Waals surface area (Å²) in [6.45, 7) is 16.1. The minimum Gasteiger partial charge on any atom is -0.328 e. The molecule has 0 aliphatic heterocycles. The first-order chi connectivity index (χ1) is 6.23. The van der Waals surface area contributed by atoms with Gasteiger partial charge in [-0.3, -0.25) is 0 Å².